The van der Waals surface area contributed by atoms with E-state index in [4.69, 9.17) is 9.72 Å². The average molecular weight is 565 g/mol. The fourth-order valence-electron chi connectivity index (χ4n) is 5.17. The van der Waals surface area contributed by atoms with E-state index >= 15 is 0 Å². The second-order valence-electron chi connectivity index (χ2n) is 10.6. The van der Waals surface area contributed by atoms with E-state index in [1.807, 2.05) is 19.9 Å². The standard InChI is InChI=1S/C29H31F3N8O/c1-16(2)39-15-24(29(30,31)32)37-28(39)22-10-9-18(12-34-22)13-35-27-20-8-6-7-19(20)21(11-33)25(38-27)26-23(41-5)14-36-40(26)17(3)4/h9-10,12,14-17H,6-8,13H2,1-5H3,(H,35,38). The maximum atomic E-state index is 13.3. The first-order valence-electron chi connectivity index (χ1n) is 13.5. The van der Waals surface area contributed by atoms with Gasteiger partial charge in [-0.15, -0.1) is 0 Å². The molecule has 1 aliphatic carbocycles. The van der Waals surface area contributed by atoms with Crippen LogP contribution in [0.5, 0.6) is 5.75 Å². The van der Waals surface area contributed by atoms with E-state index in [0.717, 1.165) is 42.1 Å². The van der Waals surface area contributed by atoms with Gasteiger partial charge in [0.15, 0.2) is 17.3 Å². The molecule has 214 valence electrons. The number of anilines is 1. The SMILES string of the molecule is COc1cnn(C(C)C)c1-c1nc(NCc2ccc(-c3nc(C(F)(F)F)cn3C(C)C)nc2)c2c(c1C#N)CCC2. The Balaban J connectivity index is 1.47. The molecule has 0 aliphatic heterocycles. The van der Waals surface area contributed by atoms with Gasteiger partial charge in [0.2, 0.25) is 0 Å². The monoisotopic (exact) mass is 564 g/mol. The van der Waals surface area contributed by atoms with Gasteiger partial charge in [-0.25, -0.2) is 9.97 Å². The van der Waals surface area contributed by atoms with Crippen molar-refractivity contribution in [3.63, 3.8) is 0 Å². The number of alkyl halides is 3. The van der Waals surface area contributed by atoms with Gasteiger partial charge >= 0.3 is 6.18 Å². The first kappa shape index (κ1) is 28.1. The molecule has 0 unspecified atom stereocenters. The van der Waals surface area contributed by atoms with Crippen LogP contribution in [-0.2, 0) is 25.6 Å². The van der Waals surface area contributed by atoms with E-state index in [1.165, 1.54) is 4.57 Å². The number of ether oxygens (including phenoxy) is 1. The quantitative estimate of drug-likeness (QED) is 0.265. The number of aromatic nitrogens is 6. The van der Waals surface area contributed by atoms with E-state index in [9.17, 15) is 18.4 Å². The third-order valence-corrected chi connectivity index (χ3v) is 7.17. The van der Waals surface area contributed by atoms with Gasteiger partial charge in [0, 0.05) is 31.0 Å². The second-order valence-corrected chi connectivity index (χ2v) is 10.6. The van der Waals surface area contributed by atoms with Gasteiger partial charge in [-0.05, 0) is 69.7 Å². The molecular weight excluding hydrogens is 533 g/mol. The summed E-state index contributed by atoms with van der Waals surface area (Å²) < 4.78 is 48.8. The summed E-state index contributed by atoms with van der Waals surface area (Å²) in [7, 11) is 1.57. The minimum absolute atomic E-state index is 0.0231. The number of hydrogen-bond acceptors (Lipinski definition) is 7. The van der Waals surface area contributed by atoms with Crippen molar-refractivity contribution in [2.24, 2.45) is 0 Å². The van der Waals surface area contributed by atoms with Crippen LogP contribution in [-0.4, -0.2) is 36.4 Å². The molecule has 41 heavy (non-hydrogen) atoms. The molecule has 0 spiro atoms. The predicted molar refractivity (Wildman–Crippen MR) is 147 cm³/mol. The topological polar surface area (TPSA) is 106 Å². The highest BCUT2D eigenvalue weighted by Crippen LogP contribution is 2.40. The van der Waals surface area contributed by atoms with Gasteiger partial charge in [0.05, 0.1) is 18.9 Å². The molecule has 0 radical (unpaired) electrons. The molecule has 5 rings (SSSR count). The van der Waals surface area contributed by atoms with E-state index in [1.54, 1.807) is 44.1 Å². The molecule has 9 nitrogen and oxygen atoms in total. The van der Waals surface area contributed by atoms with Gasteiger partial charge in [-0.1, -0.05) is 6.07 Å². The molecule has 0 aromatic carbocycles. The lowest BCUT2D eigenvalue weighted by molar-refractivity contribution is -0.140. The number of pyridine rings is 2. The van der Waals surface area contributed by atoms with Crippen molar-refractivity contribution in [3.8, 4) is 34.7 Å². The van der Waals surface area contributed by atoms with Crippen LogP contribution >= 0.6 is 0 Å². The average Bonchev–Trinajstić information content (AvgIpc) is 3.69. The summed E-state index contributed by atoms with van der Waals surface area (Å²) in [6.07, 6.45) is 2.23. The van der Waals surface area contributed by atoms with Crippen LogP contribution in [0.25, 0.3) is 22.9 Å². The second kappa shape index (κ2) is 10.9. The Hall–Kier alpha value is -4.40. The van der Waals surface area contributed by atoms with Crippen LogP contribution in [0.2, 0.25) is 0 Å². The number of hydrogen-bond donors (Lipinski definition) is 1. The zero-order chi connectivity index (χ0) is 29.5. The number of methoxy groups -OCH3 is 1. The number of rotatable bonds is 8. The fourth-order valence-corrected chi connectivity index (χ4v) is 5.17. The molecule has 1 aliphatic rings. The highest BCUT2D eigenvalue weighted by atomic mass is 19.4. The normalized spacial score (nSPS) is 13.1. The van der Waals surface area contributed by atoms with E-state index in [0.29, 0.717) is 40.8 Å². The lowest BCUT2D eigenvalue weighted by Gasteiger charge is -2.18. The molecule has 0 fully saturated rings. The largest absolute Gasteiger partial charge is 0.493 e. The maximum Gasteiger partial charge on any atom is 0.434 e. The molecule has 4 heterocycles. The summed E-state index contributed by atoms with van der Waals surface area (Å²) in [5, 5.41) is 18.0. The van der Waals surface area contributed by atoms with Crippen molar-refractivity contribution in [2.45, 2.75) is 71.8 Å². The highest BCUT2D eigenvalue weighted by molar-refractivity contribution is 5.75. The molecule has 0 saturated heterocycles. The maximum absolute atomic E-state index is 13.3. The minimum atomic E-state index is -4.54. The summed E-state index contributed by atoms with van der Waals surface area (Å²) in [5.74, 6) is 1.39. The molecule has 0 saturated carbocycles. The Morgan fingerprint density at radius 3 is 2.44 bits per heavy atom. The predicted octanol–water partition coefficient (Wildman–Crippen LogP) is 6.37. The number of fused-ring (bicyclic) bond motifs is 1. The summed E-state index contributed by atoms with van der Waals surface area (Å²) in [6, 6.07) is 5.66. The van der Waals surface area contributed by atoms with Crippen LogP contribution < -0.4 is 10.1 Å². The van der Waals surface area contributed by atoms with Gasteiger partial charge < -0.3 is 14.6 Å². The lowest BCUT2D eigenvalue weighted by atomic mass is 10.0. The van der Waals surface area contributed by atoms with Crippen LogP contribution in [0.15, 0.2) is 30.7 Å². The Morgan fingerprint density at radius 1 is 1.07 bits per heavy atom. The molecular formula is C29H31F3N8O. The van der Waals surface area contributed by atoms with Gasteiger partial charge in [-0.2, -0.15) is 23.5 Å². The van der Waals surface area contributed by atoms with Crippen LogP contribution in [0, 0.1) is 11.3 Å². The minimum Gasteiger partial charge on any atom is -0.493 e. The highest BCUT2D eigenvalue weighted by Gasteiger charge is 2.35. The number of nitrogens with one attached hydrogen (secondary N) is 1. The Labute approximate surface area is 236 Å². The van der Waals surface area contributed by atoms with Gasteiger partial charge in [-0.3, -0.25) is 9.67 Å². The van der Waals surface area contributed by atoms with Crippen molar-refractivity contribution >= 4 is 5.82 Å². The summed E-state index contributed by atoms with van der Waals surface area (Å²) in [4.78, 5) is 13.2. The zero-order valence-electron chi connectivity index (χ0n) is 23.5. The third kappa shape index (κ3) is 5.24. The van der Waals surface area contributed by atoms with Crippen molar-refractivity contribution in [2.75, 3.05) is 12.4 Å². The van der Waals surface area contributed by atoms with E-state index in [2.05, 4.69) is 26.5 Å². The number of imidazole rings is 1. The third-order valence-electron chi connectivity index (χ3n) is 7.17. The number of nitriles is 1. The first-order chi connectivity index (χ1) is 19.5. The number of nitrogens with zero attached hydrogens (tertiary/aromatic N) is 7. The summed E-state index contributed by atoms with van der Waals surface area (Å²) in [6.45, 7) is 7.98. The molecule has 0 amide bonds. The van der Waals surface area contributed by atoms with Crippen molar-refractivity contribution in [3.05, 3.63) is 58.7 Å². The van der Waals surface area contributed by atoms with E-state index < -0.39 is 11.9 Å². The van der Waals surface area contributed by atoms with Crippen LogP contribution in [0.1, 0.15) is 74.1 Å². The van der Waals surface area contributed by atoms with Crippen molar-refractivity contribution < 1.29 is 17.9 Å². The molecule has 12 heteroatoms. The van der Waals surface area contributed by atoms with Crippen LogP contribution in [0.3, 0.4) is 0 Å². The van der Waals surface area contributed by atoms with Crippen molar-refractivity contribution in [1.82, 2.24) is 29.3 Å². The van der Waals surface area contributed by atoms with Gasteiger partial charge in [0.25, 0.3) is 0 Å². The molecule has 0 bridgehead atoms. The number of halogens is 3. The summed E-state index contributed by atoms with van der Waals surface area (Å²) >= 11 is 0. The van der Waals surface area contributed by atoms with Crippen molar-refractivity contribution in [1.29, 1.82) is 5.26 Å². The summed E-state index contributed by atoms with van der Waals surface area (Å²) in [5.41, 5.74) is 3.93. The lowest BCUT2D eigenvalue weighted by Crippen LogP contribution is -2.11. The fraction of sp³-hybridized carbons (Fsp3) is 0.414. The molecule has 0 atom stereocenters. The smallest absolute Gasteiger partial charge is 0.434 e. The molecule has 4 aromatic heterocycles. The Morgan fingerprint density at radius 2 is 1.83 bits per heavy atom. The Kier molecular flexibility index (Phi) is 7.46. The van der Waals surface area contributed by atoms with Gasteiger partial charge in [0.1, 0.15) is 29.0 Å². The van der Waals surface area contributed by atoms with E-state index in [-0.39, 0.29) is 17.9 Å². The van der Waals surface area contributed by atoms with Crippen LogP contribution in [0.4, 0.5) is 19.0 Å². The Bertz CT molecular complexity index is 1610. The molecule has 4 aromatic rings. The molecule has 1 N–H and O–H groups in total. The zero-order valence-corrected chi connectivity index (χ0v) is 23.5. The first-order valence-corrected chi connectivity index (χ1v) is 13.5.